The maximum atomic E-state index is 10.5. The fourth-order valence-electron chi connectivity index (χ4n) is 0.720. The first-order valence-electron chi connectivity index (χ1n) is 3.34. The van der Waals surface area contributed by atoms with Gasteiger partial charge < -0.3 is 5.73 Å². The third-order valence-electron chi connectivity index (χ3n) is 1.19. The molecule has 0 aromatic rings. The van der Waals surface area contributed by atoms with Gasteiger partial charge in [-0.2, -0.15) is 8.42 Å². The first kappa shape index (κ1) is 11.9. The Bertz CT molecular complexity index is 353. The summed E-state index contributed by atoms with van der Waals surface area (Å²) in [6, 6.07) is 0. The topological polar surface area (TPSA) is 97.5 Å². The van der Waals surface area contributed by atoms with Gasteiger partial charge in [0.15, 0.2) is 0 Å². The van der Waals surface area contributed by atoms with Crippen molar-refractivity contribution in [3.63, 3.8) is 0 Å². The number of carbonyl (C=O) groups excluding carboxylic acids is 1. The Hall–Kier alpha value is -1.14. The average molecular weight is 205 g/mol. The molecular formula is C7H11NO4S. The zero-order valence-electron chi connectivity index (χ0n) is 7.15. The molecule has 0 rings (SSSR count). The lowest BCUT2D eigenvalue weighted by atomic mass is 10.1. The summed E-state index contributed by atoms with van der Waals surface area (Å²) >= 11 is 0. The summed E-state index contributed by atoms with van der Waals surface area (Å²) in [7, 11) is -4.15. The number of carbonyl (C=O) groups is 1. The van der Waals surface area contributed by atoms with E-state index in [9.17, 15) is 13.2 Å². The summed E-state index contributed by atoms with van der Waals surface area (Å²) < 4.78 is 29.0. The zero-order valence-corrected chi connectivity index (χ0v) is 7.97. The van der Waals surface area contributed by atoms with Crippen molar-refractivity contribution in [2.45, 2.75) is 13.3 Å². The smallest absolute Gasteiger partial charge is 0.287 e. The Labute approximate surface area is 76.7 Å². The number of amides is 1. The molecule has 0 heterocycles. The zero-order chi connectivity index (χ0) is 10.6. The number of nitrogens with two attached hydrogens (primary N) is 1. The van der Waals surface area contributed by atoms with Crippen molar-refractivity contribution in [1.29, 1.82) is 0 Å². The van der Waals surface area contributed by atoms with Crippen molar-refractivity contribution in [2.75, 3.05) is 0 Å². The highest BCUT2D eigenvalue weighted by Gasteiger charge is 2.05. The second kappa shape index (κ2) is 4.20. The van der Waals surface area contributed by atoms with Crippen LogP contribution in [-0.2, 0) is 14.9 Å². The van der Waals surface area contributed by atoms with Crippen molar-refractivity contribution >= 4 is 16.0 Å². The first-order valence-corrected chi connectivity index (χ1v) is 4.85. The van der Waals surface area contributed by atoms with Gasteiger partial charge in [0.2, 0.25) is 5.91 Å². The minimum atomic E-state index is -4.15. The van der Waals surface area contributed by atoms with Crippen molar-refractivity contribution in [1.82, 2.24) is 0 Å². The summed E-state index contributed by atoms with van der Waals surface area (Å²) in [6.45, 7) is 4.78. The quantitative estimate of drug-likeness (QED) is 0.506. The maximum Gasteiger partial charge on any atom is 0.287 e. The number of primary amides is 1. The molecule has 0 aliphatic rings. The largest absolute Gasteiger partial charge is 0.366 e. The normalized spacial score (nSPS) is 12.6. The lowest BCUT2D eigenvalue weighted by molar-refractivity contribution is -0.114. The van der Waals surface area contributed by atoms with E-state index in [1.54, 1.807) is 0 Å². The van der Waals surface area contributed by atoms with E-state index >= 15 is 0 Å². The Morgan fingerprint density at radius 2 is 2.08 bits per heavy atom. The molecule has 0 radical (unpaired) electrons. The van der Waals surface area contributed by atoms with Crippen LogP contribution >= 0.6 is 0 Å². The van der Waals surface area contributed by atoms with E-state index in [0.717, 1.165) is 0 Å². The molecule has 6 heteroatoms. The van der Waals surface area contributed by atoms with Crippen molar-refractivity contribution < 1.29 is 17.8 Å². The van der Waals surface area contributed by atoms with Crippen LogP contribution in [0.3, 0.4) is 0 Å². The van der Waals surface area contributed by atoms with Gasteiger partial charge in [0, 0.05) is 5.57 Å². The van der Waals surface area contributed by atoms with E-state index in [1.165, 1.54) is 6.92 Å². The van der Waals surface area contributed by atoms with Crippen LogP contribution in [0.1, 0.15) is 13.3 Å². The van der Waals surface area contributed by atoms with Gasteiger partial charge in [-0.3, -0.25) is 9.35 Å². The third-order valence-corrected chi connectivity index (χ3v) is 1.89. The molecule has 0 saturated heterocycles. The summed E-state index contributed by atoms with van der Waals surface area (Å²) in [5.41, 5.74) is 5.26. The van der Waals surface area contributed by atoms with Crippen LogP contribution in [-0.4, -0.2) is 18.9 Å². The molecule has 0 bridgehead atoms. The standard InChI is InChI=1S/C7H11NO4S/c1-5(4-13(10,11)12)3-6(2)7(8)9/h4H,2-3H2,1H3,(H2,8,9)(H,10,11,12). The maximum absolute atomic E-state index is 10.5. The molecule has 3 N–H and O–H groups in total. The molecule has 0 aromatic heterocycles. The van der Waals surface area contributed by atoms with Crippen LogP contribution in [0, 0.1) is 0 Å². The molecule has 13 heavy (non-hydrogen) atoms. The van der Waals surface area contributed by atoms with Crippen LogP contribution in [0.2, 0.25) is 0 Å². The van der Waals surface area contributed by atoms with Gasteiger partial charge in [-0.25, -0.2) is 0 Å². The second-order valence-corrected chi connectivity index (χ2v) is 3.89. The average Bonchev–Trinajstić information content (AvgIpc) is 1.81. The van der Waals surface area contributed by atoms with Crippen molar-refractivity contribution in [3.8, 4) is 0 Å². The molecule has 0 atom stereocenters. The highest BCUT2D eigenvalue weighted by Crippen LogP contribution is 2.09. The van der Waals surface area contributed by atoms with E-state index in [-0.39, 0.29) is 12.0 Å². The molecule has 0 aromatic carbocycles. The predicted octanol–water partition coefficient (Wildman–Crippen LogP) is 0.210. The van der Waals surface area contributed by atoms with E-state index < -0.39 is 16.0 Å². The molecule has 74 valence electrons. The first-order chi connectivity index (χ1) is 5.72. The number of hydrogen-bond acceptors (Lipinski definition) is 3. The second-order valence-electron chi connectivity index (χ2n) is 2.62. The highest BCUT2D eigenvalue weighted by molar-refractivity contribution is 7.88. The molecule has 0 saturated carbocycles. The molecular weight excluding hydrogens is 194 g/mol. The van der Waals surface area contributed by atoms with Gasteiger partial charge in [-0.15, -0.1) is 0 Å². The minimum absolute atomic E-state index is 0.0368. The fourth-order valence-corrected chi connectivity index (χ4v) is 1.31. The number of hydrogen-bond donors (Lipinski definition) is 2. The van der Waals surface area contributed by atoms with Gasteiger partial charge in [0.1, 0.15) is 0 Å². The van der Waals surface area contributed by atoms with E-state index in [1.807, 2.05) is 0 Å². The van der Waals surface area contributed by atoms with Crippen LogP contribution in [0.25, 0.3) is 0 Å². The molecule has 5 nitrogen and oxygen atoms in total. The summed E-state index contributed by atoms with van der Waals surface area (Å²) in [5, 5.41) is 0.654. The van der Waals surface area contributed by atoms with Gasteiger partial charge in [0.05, 0.1) is 5.41 Å². The molecule has 0 fully saturated rings. The highest BCUT2D eigenvalue weighted by atomic mass is 32.2. The Morgan fingerprint density at radius 3 is 2.38 bits per heavy atom. The van der Waals surface area contributed by atoms with E-state index in [2.05, 4.69) is 6.58 Å². The lowest BCUT2D eigenvalue weighted by Crippen LogP contribution is -2.13. The molecule has 0 unspecified atom stereocenters. The number of allylic oxidation sites excluding steroid dienone is 1. The van der Waals surface area contributed by atoms with Crippen LogP contribution < -0.4 is 5.73 Å². The Balaban J connectivity index is 4.50. The SMILES string of the molecule is C=C(CC(C)=CS(=O)(=O)O)C(N)=O. The summed E-state index contributed by atoms with van der Waals surface area (Å²) in [5.74, 6) is -0.692. The minimum Gasteiger partial charge on any atom is -0.366 e. The summed E-state index contributed by atoms with van der Waals surface area (Å²) in [6.07, 6.45) is 0.0368. The van der Waals surface area contributed by atoms with Gasteiger partial charge in [-0.1, -0.05) is 12.2 Å². The Morgan fingerprint density at radius 1 is 1.62 bits per heavy atom. The molecule has 0 aliphatic carbocycles. The number of rotatable bonds is 4. The molecule has 1 amide bonds. The molecule has 0 aliphatic heterocycles. The van der Waals surface area contributed by atoms with Gasteiger partial charge >= 0.3 is 0 Å². The van der Waals surface area contributed by atoms with Crippen LogP contribution in [0.4, 0.5) is 0 Å². The van der Waals surface area contributed by atoms with Crippen molar-refractivity contribution in [2.24, 2.45) is 5.73 Å². The predicted molar refractivity (Wildman–Crippen MR) is 48.3 cm³/mol. The Kier molecular flexibility index (Phi) is 3.83. The third kappa shape index (κ3) is 6.06. The van der Waals surface area contributed by atoms with E-state index in [0.29, 0.717) is 11.0 Å². The van der Waals surface area contributed by atoms with Crippen LogP contribution in [0.5, 0.6) is 0 Å². The monoisotopic (exact) mass is 205 g/mol. The summed E-state index contributed by atoms with van der Waals surface area (Å²) in [4.78, 5) is 10.5. The van der Waals surface area contributed by atoms with Gasteiger partial charge in [0.25, 0.3) is 10.1 Å². The molecule has 0 spiro atoms. The van der Waals surface area contributed by atoms with Crippen LogP contribution in [0.15, 0.2) is 23.1 Å². The van der Waals surface area contributed by atoms with Crippen molar-refractivity contribution in [3.05, 3.63) is 23.1 Å². The van der Waals surface area contributed by atoms with Gasteiger partial charge in [-0.05, 0) is 13.3 Å². The fraction of sp³-hybridized carbons (Fsp3) is 0.286. The lowest BCUT2D eigenvalue weighted by Gasteiger charge is -1.99. The van der Waals surface area contributed by atoms with E-state index in [4.69, 9.17) is 10.3 Å².